The molecule has 0 unspecified atom stereocenters. The summed E-state index contributed by atoms with van der Waals surface area (Å²) in [6, 6.07) is 6.62. The van der Waals surface area contributed by atoms with Gasteiger partial charge in [-0.2, -0.15) is 0 Å². The van der Waals surface area contributed by atoms with Crippen molar-refractivity contribution in [3.63, 3.8) is 0 Å². The van der Waals surface area contributed by atoms with E-state index in [2.05, 4.69) is 10.5 Å². The minimum absolute atomic E-state index is 0.0601. The SMILES string of the molecule is Cc1cc(NC(=O)N(C)C[C@@H](O)c2ccc(F)cc2)on1. The summed E-state index contributed by atoms with van der Waals surface area (Å²) in [5.74, 6) is -0.140. The molecule has 1 aromatic heterocycles. The van der Waals surface area contributed by atoms with Gasteiger partial charge in [0.05, 0.1) is 18.3 Å². The Hall–Kier alpha value is -2.41. The lowest BCUT2D eigenvalue weighted by Crippen LogP contribution is -2.34. The van der Waals surface area contributed by atoms with Crippen LogP contribution >= 0.6 is 0 Å². The predicted octanol–water partition coefficient (Wildman–Crippen LogP) is 2.32. The molecule has 0 aliphatic heterocycles. The summed E-state index contributed by atoms with van der Waals surface area (Å²) in [6.07, 6.45) is -0.905. The van der Waals surface area contributed by atoms with Crippen molar-refractivity contribution in [3.8, 4) is 0 Å². The van der Waals surface area contributed by atoms with E-state index in [1.165, 1.54) is 36.2 Å². The van der Waals surface area contributed by atoms with Gasteiger partial charge in [0.15, 0.2) is 0 Å². The standard InChI is InChI=1S/C14H16FN3O3/c1-9-7-13(21-17-9)16-14(20)18(2)8-12(19)10-3-5-11(15)6-4-10/h3-7,12,19H,8H2,1-2H3,(H,16,20)/t12-/m1/s1. The number of likely N-dealkylation sites (N-methyl/N-ethyl adjacent to an activating group) is 1. The lowest BCUT2D eigenvalue weighted by molar-refractivity contribution is 0.136. The zero-order valence-electron chi connectivity index (χ0n) is 11.7. The van der Waals surface area contributed by atoms with Gasteiger partial charge in [0.1, 0.15) is 5.82 Å². The van der Waals surface area contributed by atoms with Crippen LogP contribution in [0.4, 0.5) is 15.1 Å². The second-order valence-corrected chi connectivity index (χ2v) is 4.71. The van der Waals surface area contributed by atoms with Crippen LogP contribution in [0.3, 0.4) is 0 Å². The molecular weight excluding hydrogens is 277 g/mol. The first-order valence-corrected chi connectivity index (χ1v) is 6.34. The smallest absolute Gasteiger partial charge is 0.324 e. The maximum Gasteiger partial charge on any atom is 0.324 e. The Balaban J connectivity index is 1.92. The fourth-order valence-electron chi connectivity index (χ4n) is 1.76. The molecule has 2 N–H and O–H groups in total. The van der Waals surface area contributed by atoms with Gasteiger partial charge in [-0.3, -0.25) is 5.32 Å². The predicted molar refractivity (Wildman–Crippen MR) is 74.2 cm³/mol. The van der Waals surface area contributed by atoms with E-state index in [1.807, 2.05) is 0 Å². The molecule has 2 amide bonds. The molecular formula is C14H16FN3O3. The van der Waals surface area contributed by atoms with E-state index >= 15 is 0 Å². The van der Waals surface area contributed by atoms with Crippen LogP contribution in [0, 0.1) is 12.7 Å². The number of nitrogens with zero attached hydrogens (tertiary/aromatic N) is 2. The number of aliphatic hydroxyl groups excluding tert-OH is 1. The number of amides is 2. The molecule has 21 heavy (non-hydrogen) atoms. The van der Waals surface area contributed by atoms with Crippen molar-refractivity contribution in [2.24, 2.45) is 0 Å². The molecule has 0 aliphatic rings. The minimum atomic E-state index is -0.905. The third-order valence-electron chi connectivity index (χ3n) is 2.91. The van der Waals surface area contributed by atoms with E-state index < -0.39 is 12.1 Å². The average Bonchev–Trinajstić information content (AvgIpc) is 2.84. The van der Waals surface area contributed by atoms with Gasteiger partial charge in [0, 0.05) is 13.1 Å². The summed E-state index contributed by atoms with van der Waals surface area (Å²) < 4.78 is 17.7. The first-order chi connectivity index (χ1) is 9.95. The zero-order valence-corrected chi connectivity index (χ0v) is 11.7. The summed E-state index contributed by atoms with van der Waals surface area (Å²) in [7, 11) is 1.53. The fraction of sp³-hybridized carbons (Fsp3) is 0.286. The maximum atomic E-state index is 12.8. The number of carbonyl (C=O) groups is 1. The molecule has 7 heteroatoms. The van der Waals surface area contributed by atoms with Gasteiger partial charge in [0.2, 0.25) is 5.88 Å². The second-order valence-electron chi connectivity index (χ2n) is 4.71. The number of urea groups is 1. The molecule has 112 valence electrons. The van der Waals surface area contributed by atoms with Crippen LogP contribution in [0.5, 0.6) is 0 Å². The van der Waals surface area contributed by atoms with Crippen LogP contribution < -0.4 is 5.32 Å². The largest absolute Gasteiger partial charge is 0.387 e. The van der Waals surface area contributed by atoms with Crippen LogP contribution in [-0.2, 0) is 0 Å². The molecule has 2 aromatic rings. The van der Waals surface area contributed by atoms with Crippen molar-refractivity contribution in [2.75, 3.05) is 18.9 Å². The highest BCUT2D eigenvalue weighted by Crippen LogP contribution is 2.15. The van der Waals surface area contributed by atoms with Crippen LogP contribution in [0.15, 0.2) is 34.9 Å². The third-order valence-corrected chi connectivity index (χ3v) is 2.91. The minimum Gasteiger partial charge on any atom is -0.387 e. The quantitative estimate of drug-likeness (QED) is 0.906. The molecule has 1 atom stereocenters. The van der Waals surface area contributed by atoms with Crippen LogP contribution in [-0.4, -0.2) is 34.8 Å². The lowest BCUT2D eigenvalue weighted by atomic mass is 10.1. The number of aryl methyl sites for hydroxylation is 1. The normalized spacial score (nSPS) is 12.0. The molecule has 6 nitrogen and oxygen atoms in total. The molecule has 2 rings (SSSR count). The summed E-state index contributed by atoms with van der Waals surface area (Å²) >= 11 is 0. The Morgan fingerprint density at radius 2 is 2.14 bits per heavy atom. The average molecular weight is 293 g/mol. The van der Waals surface area contributed by atoms with Gasteiger partial charge in [0.25, 0.3) is 0 Å². The van der Waals surface area contributed by atoms with E-state index in [4.69, 9.17) is 4.52 Å². The van der Waals surface area contributed by atoms with Crippen molar-refractivity contribution in [3.05, 3.63) is 47.4 Å². The topological polar surface area (TPSA) is 78.6 Å². The molecule has 0 radical (unpaired) electrons. The number of nitrogens with one attached hydrogen (secondary N) is 1. The van der Waals surface area contributed by atoms with E-state index in [9.17, 15) is 14.3 Å². The second kappa shape index (κ2) is 6.36. The van der Waals surface area contributed by atoms with E-state index in [-0.39, 0.29) is 18.2 Å². The van der Waals surface area contributed by atoms with Crippen molar-refractivity contribution in [2.45, 2.75) is 13.0 Å². The Kier molecular flexibility index (Phi) is 4.54. The van der Waals surface area contributed by atoms with Crippen molar-refractivity contribution < 1.29 is 18.8 Å². The van der Waals surface area contributed by atoms with Gasteiger partial charge >= 0.3 is 6.03 Å². The Morgan fingerprint density at radius 1 is 1.48 bits per heavy atom. The molecule has 0 saturated heterocycles. The number of hydrogen-bond donors (Lipinski definition) is 2. The number of carbonyl (C=O) groups excluding carboxylic acids is 1. The summed E-state index contributed by atoms with van der Waals surface area (Å²) in [4.78, 5) is 13.2. The molecule has 0 bridgehead atoms. The number of aliphatic hydroxyl groups is 1. The molecule has 0 aliphatic carbocycles. The van der Waals surface area contributed by atoms with Crippen LogP contribution in [0.1, 0.15) is 17.4 Å². The lowest BCUT2D eigenvalue weighted by Gasteiger charge is -2.20. The number of anilines is 1. The van der Waals surface area contributed by atoms with Crippen LogP contribution in [0.2, 0.25) is 0 Å². The Morgan fingerprint density at radius 3 is 2.71 bits per heavy atom. The molecule has 1 aromatic carbocycles. The van der Waals surface area contributed by atoms with Gasteiger partial charge in [-0.15, -0.1) is 0 Å². The molecule has 0 fully saturated rings. The highest BCUT2D eigenvalue weighted by molar-refractivity contribution is 5.87. The van der Waals surface area contributed by atoms with Crippen molar-refractivity contribution in [1.82, 2.24) is 10.1 Å². The first kappa shape index (κ1) is 15.0. The van der Waals surface area contributed by atoms with Crippen LogP contribution in [0.25, 0.3) is 0 Å². The van der Waals surface area contributed by atoms with Gasteiger partial charge < -0.3 is 14.5 Å². The maximum absolute atomic E-state index is 12.8. The molecule has 1 heterocycles. The summed E-state index contributed by atoms with van der Waals surface area (Å²) in [5.41, 5.74) is 1.19. The number of benzene rings is 1. The van der Waals surface area contributed by atoms with Crippen molar-refractivity contribution in [1.29, 1.82) is 0 Å². The summed E-state index contributed by atoms with van der Waals surface area (Å²) in [6.45, 7) is 1.80. The summed E-state index contributed by atoms with van der Waals surface area (Å²) in [5, 5.41) is 16.2. The van der Waals surface area contributed by atoms with E-state index in [0.717, 1.165) is 0 Å². The van der Waals surface area contributed by atoms with Gasteiger partial charge in [-0.25, -0.2) is 9.18 Å². The number of hydrogen-bond acceptors (Lipinski definition) is 4. The Labute approximate surface area is 121 Å². The number of rotatable bonds is 4. The fourth-order valence-corrected chi connectivity index (χ4v) is 1.76. The molecule has 0 saturated carbocycles. The Bertz CT molecular complexity index is 612. The first-order valence-electron chi connectivity index (χ1n) is 6.34. The van der Waals surface area contributed by atoms with E-state index in [0.29, 0.717) is 11.3 Å². The highest BCUT2D eigenvalue weighted by atomic mass is 19.1. The van der Waals surface area contributed by atoms with Crippen molar-refractivity contribution >= 4 is 11.9 Å². The monoisotopic (exact) mass is 293 g/mol. The van der Waals surface area contributed by atoms with Gasteiger partial charge in [-0.05, 0) is 24.6 Å². The number of halogens is 1. The molecule has 0 spiro atoms. The third kappa shape index (κ3) is 4.03. The van der Waals surface area contributed by atoms with Gasteiger partial charge in [-0.1, -0.05) is 17.3 Å². The number of aromatic nitrogens is 1. The zero-order chi connectivity index (χ0) is 15.4. The highest BCUT2D eigenvalue weighted by Gasteiger charge is 2.16. The van der Waals surface area contributed by atoms with E-state index in [1.54, 1.807) is 13.0 Å².